The van der Waals surface area contributed by atoms with Crippen LogP contribution in [0.15, 0.2) is 24.3 Å². The van der Waals surface area contributed by atoms with E-state index in [0.717, 1.165) is 18.7 Å². The van der Waals surface area contributed by atoms with Gasteiger partial charge < -0.3 is 5.32 Å². The van der Waals surface area contributed by atoms with Crippen LogP contribution in [0.3, 0.4) is 0 Å². The Labute approximate surface area is 122 Å². The molecule has 1 nitrogen and oxygen atoms in total. The third-order valence-corrected chi connectivity index (χ3v) is 5.50. The number of hydrogen-bond acceptors (Lipinski definition) is 1. The Hall–Kier alpha value is -0.890. The molecule has 2 aliphatic rings. The van der Waals surface area contributed by atoms with Gasteiger partial charge in [0.25, 0.3) is 0 Å². The molecule has 2 heteroatoms. The van der Waals surface area contributed by atoms with Crippen LogP contribution in [0.1, 0.15) is 57.4 Å². The average molecular weight is 275 g/mol. The van der Waals surface area contributed by atoms with Crippen molar-refractivity contribution >= 4 is 0 Å². The first kappa shape index (κ1) is 14.1. The molecule has 0 heterocycles. The molecule has 0 unspecified atom stereocenters. The Morgan fingerprint density at radius 3 is 2.45 bits per heavy atom. The summed E-state index contributed by atoms with van der Waals surface area (Å²) >= 11 is 0. The van der Waals surface area contributed by atoms with Crippen molar-refractivity contribution in [1.29, 1.82) is 0 Å². The maximum Gasteiger partial charge on any atom is 0.127 e. The second-order valence-corrected chi connectivity index (χ2v) is 6.95. The van der Waals surface area contributed by atoms with E-state index in [4.69, 9.17) is 0 Å². The first-order chi connectivity index (χ1) is 9.70. The number of benzene rings is 1. The van der Waals surface area contributed by atoms with Crippen molar-refractivity contribution in [1.82, 2.24) is 5.32 Å². The van der Waals surface area contributed by atoms with Crippen LogP contribution in [-0.2, 0) is 5.41 Å². The van der Waals surface area contributed by atoms with E-state index in [0.29, 0.717) is 5.41 Å². The van der Waals surface area contributed by atoms with Crippen LogP contribution in [0.5, 0.6) is 0 Å². The van der Waals surface area contributed by atoms with Gasteiger partial charge in [-0.15, -0.1) is 0 Å². The summed E-state index contributed by atoms with van der Waals surface area (Å²) in [7, 11) is 0. The van der Waals surface area contributed by atoms with E-state index in [1.54, 1.807) is 12.1 Å². The fourth-order valence-electron chi connectivity index (χ4n) is 4.71. The van der Waals surface area contributed by atoms with Gasteiger partial charge in [0, 0.05) is 12.0 Å². The van der Waals surface area contributed by atoms with E-state index in [-0.39, 0.29) is 11.2 Å². The predicted molar refractivity (Wildman–Crippen MR) is 81.4 cm³/mol. The summed E-state index contributed by atoms with van der Waals surface area (Å²) in [4.78, 5) is 0. The molecule has 0 aliphatic heterocycles. The highest BCUT2D eigenvalue weighted by molar-refractivity contribution is 5.33. The number of likely N-dealkylation sites (N-methyl/N-ethyl adjacent to an activating group) is 1. The Balaban J connectivity index is 1.83. The van der Waals surface area contributed by atoms with Crippen LogP contribution in [0, 0.1) is 11.2 Å². The molecular weight excluding hydrogens is 249 g/mol. The van der Waals surface area contributed by atoms with Gasteiger partial charge in [-0.1, -0.05) is 44.4 Å². The monoisotopic (exact) mass is 275 g/mol. The van der Waals surface area contributed by atoms with Gasteiger partial charge in [0.05, 0.1) is 0 Å². The second kappa shape index (κ2) is 5.48. The van der Waals surface area contributed by atoms with Crippen LogP contribution in [0.4, 0.5) is 4.39 Å². The summed E-state index contributed by atoms with van der Waals surface area (Å²) in [6.45, 7) is 4.01. The van der Waals surface area contributed by atoms with Gasteiger partial charge in [-0.25, -0.2) is 4.39 Å². The summed E-state index contributed by atoms with van der Waals surface area (Å²) in [6, 6.07) is 7.41. The molecule has 1 aromatic carbocycles. The number of nitrogens with one attached hydrogen (secondary N) is 1. The Morgan fingerprint density at radius 1 is 1.10 bits per heavy atom. The molecule has 1 N–H and O–H groups in total. The van der Waals surface area contributed by atoms with Gasteiger partial charge in [-0.2, -0.15) is 0 Å². The minimum atomic E-state index is -0.0175. The van der Waals surface area contributed by atoms with Gasteiger partial charge in [0.2, 0.25) is 0 Å². The molecule has 1 spiro atoms. The molecule has 0 radical (unpaired) electrons. The molecule has 3 rings (SSSR count). The van der Waals surface area contributed by atoms with Crippen LogP contribution in [0.25, 0.3) is 0 Å². The molecule has 0 atom stereocenters. The molecular formula is C18H26FN. The lowest BCUT2D eigenvalue weighted by Crippen LogP contribution is -2.55. The van der Waals surface area contributed by atoms with Crippen LogP contribution < -0.4 is 5.32 Å². The van der Waals surface area contributed by atoms with Gasteiger partial charge in [-0.3, -0.25) is 0 Å². The van der Waals surface area contributed by atoms with Crippen molar-refractivity contribution in [2.24, 2.45) is 5.41 Å². The van der Waals surface area contributed by atoms with E-state index in [1.165, 1.54) is 44.9 Å². The minimum Gasteiger partial charge on any atom is -0.316 e. The summed E-state index contributed by atoms with van der Waals surface area (Å²) in [6.07, 6.45) is 9.19. The smallest absolute Gasteiger partial charge is 0.127 e. The normalized spacial score (nSPS) is 23.5. The molecule has 20 heavy (non-hydrogen) atoms. The maximum absolute atomic E-state index is 14.3. The van der Waals surface area contributed by atoms with Crippen LogP contribution in [0.2, 0.25) is 0 Å². The summed E-state index contributed by atoms with van der Waals surface area (Å²) in [5, 5.41) is 3.47. The molecule has 0 bridgehead atoms. The van der Waals surface area contributed by atoms with Crippen LogP contribution in [-0.4, -0.2) is 13.1 Å². The zero-order valence-electron chi connectivity index (χ0n) is 12.6. The lowest BCUT2D eigenvalue weighted by Gasteiger charge is -2.59. The van der Waals surface area contributed by atoms with Gasteiger partial charge in [0.1, 0.15) is 5.82 Å². The standard InChI is InChI=1S/C18H26FN/c1-2-20-14-18(15-8-4-5-9-16(15)19)12-17(13-18)10-6-3-7-11-17/h4-5,8-9,20H,2-3,6-7,10-14H2,1H3. The summed E-state index contributed by atoms with van der Waals surface area (Å²) < 4.78 is 14.3. The molecule has 2 saturated carbocycles. The zero-order chi connectivity index (χ0) is 14.1. The fourth-order valence-corrected chi connectivity index (χ4v) is 4.71. The maximum atomic E-state index is 14.3. The first-order valence-electron chi connectivity index (χ1n) is 8.16. The second-order valence-electron chi connectivity index (χ2n) is 6.95. The van der Waals surface area contributed by atoms with Crippen molar-refractivity contribution in [3.63, 3.8) is 0 Å². The number of halogens is 1. The topological polar surface area (TPSA) is 12.0 Å². The summed E-state index contributed by atoms with van der Waals surface area (Å²) in [5.74, 6) is -0.0175. The highest BCUT2D eigenvalue weighted by atomic mass is 19.1. The predicted octanol–water partition coefficient (Wildman–Crippen LogP) is 4.42. The largest absolute Gasteiger partial charge is 0.316 e. The lowest BCUT2D eigenvalue weighted by molar-refractivity contribution is -0.0142. The lowest BCUT2D eigenvalue weighted by atomic mass is 9.46. The first-order valence-corrected chi connectivity index (χ1v) is 8.16. The van der Waals surface area contributed by atoms with Gasteiger partial charge in [0.15, 0.2) is 0 Å². The fraction of sp³-hybridized carbons (Fsp3) is 0.667. The minimum absolute atomic E-state index is 0.0175. The highest BCUT2D eigenvalue weighted by Crippen LogP contribution is 2.61. The van der Waals surface area contributed by atoms with Crippen molar-refractivity contribution in [3.8, 4) is 0 Å². The highest BCUT2D eigenvalue weighted by Gasteiger charge is 2.55. The van der Waals surface area contributed by atoms with Crippen molar-refractivity contribution in [3.05, 3.63) is 35.6 Å². The summed E-state index contributed by atoms with van der Waals surface area (Å²) in [5.41, 5.74) is 1.51. The molecule has 110 valence electrons. The zero-order valence-corrected chi connectivity index (χ0v) is 12.6. The molecule has 2 fully saturated rings. The Kier molecular flexibility index (Phi) is 3.85. The third-order valence-electron chi connectivity index (χ3n) is 5.50. The quantitative estimate of drug-likeness (QED) is 0.858. The number of rotatable bonds is 4. The van der Waals surface area contributed by atoms with Crippen LogP contribution >= 0.6 is 0 Å². The van der Waals surface area contributed by atoms with Crippen molar-refractivity contribution in [2.75, 3.05) is 13.1 Å². The van der Waals surface area contributed by atoms with E-state index in [2.05, 4.69) is 12.2 Å². The number of hydrogen-bond donors (Lipinski definition) is 1. The molecule has 2 aliphatic carbocycles. The van der Waals surface area contributed by atoms with E-state index in [1.807, 2.05) is 12.1 Å². The third kappa shape index (κ3) is 2.39. The van der Waals surface area contributed by atoms with E-state index < -0.39 is 0 Å². The van der Waals surface area contributed by atoms with Crippen molar-refractivity contribution < 1.29 is 4.39 Å². The van der Waals surface area contributed by atoms with E-state index >= 15 is 0 Å². The van der Waals surface area contributed by atoms with E-state index in [9.17, 15) is 4.39 Å². The SMILES string of the molecule is CCNCC1(c2ccccc2F)CC2(CCCCC2)C1. The Bertz CT molecular complexity index is 454. The molecule has 1 aromatic rings. The molecule has 0 aromatic heterocycles. The molecule has 0 saturated heterocycles. The average Bonchev–Trinajstić information content (AvgIpc) is 2.44. The Morgan fingerprint density at radius 2 is 1.80 bits per heavy atom. The van der Waals surface area contributed by atoms with Crippen molar-refractivity contribution in [2.45, 2.75) is 57.3 Å². The van der Waals surface area contributed by atoms with Gasteiger partial charge in [-0.05, 0) is 49.3 Å². The van der Waals surface area contributed by atoms with Gasteiger partial charge >= 0.3 is 0 Å². The molecule has 0 amide bonds.